The van der Waals surface area contributed by atoms with E-state index in [-0.39, 0.29) is 0 Å². The molecule has 0 saturated carbocycles. The first-order valence-corrected chi connectivity index (χ1v) is 7.54. The molecule has 0 fully saturated rings. The summed E-state index contributed by atoms with van der Waals surface area (Å²) in [4.78, 5) is 11.4. The summed E-state index contributed by atoms with van der Waals surface area (Å²) >= 11 is 0. The number of amides is 1. The highest BCUT2D eigenvalue weighted by atomic mass is 16.5. The number of carbonyl (C=O) groups excluding carboxylic acids is 1. The van der Waals surface area contributed by atoms with E-state index >= 15 is 0 Å². The lowest BCUT2D eigenvalue weighted by Gasteiger charge is -2.06. The molecule has 2 rings (SSSR count). The van der Waals surface area contributed by atoms with Gasteiger partial charge in [0.2, 0.25) is 0 Å². The van der Waals surface area contributed by atoms with Gasteiger partial charge < -0.3 is 4.74 Å². The van der Waals surface area contributed by atoms with Crippen LogP contribution in [-0.2, 0) is 0 Å². The van der Waals surface area contributed by atoms with Crippen molar-refractivity contribution in [2.24, 2.45) is 5.84 Å². The number of H-pyrrole nitrogens is 1. The first-order chi connectivity index (χ1) is 10.7. The summed E-state index contributed by atoms with van der Waals surface area (Å²) in [6, 6.07) is 9.31. The summed E-state index contributed by atoms with van der Waals surface area (Å²) in [7, 11) is 0. The van der Waals surface area contributed by atoms with Crippen molar-refractivity contribution < 1.29 is 9.53 Å². The summed E-state index contributed by atoms with van der Waals surface area (Å²) < 4.78 is 5.70. The van der Waals surface area contributed by atoms with Gasteiger partial charge in [0.1, 0.15) is 11.4 Å². The predicted octanol–water partition coefficient (Wildman–Crippen LogP) is 2.64. The number of aromatic nitrogens is 2. The molecule has 1 amide bonds. The third-order valence-corrected chi connectivity index (χ3v) is 3.37. The van der Waals surface area contributed by atoms with Gasteiger partial charge in [0.05, 0.1) is 12.3 Å². The Morgan fingerprint density at radius 3 is 2.73 bits per heavy atom. The second-order valence-electron chi connectivity index (χ2n) is 5.07. The molecule has 0 bridgehead atoms. The Bertz CT molecular complexity index is 592. The molecule has 0 aliphatic carbocycles. The quantitative estimate of drug-likeness (QED) is 0.302. The average Bonchev–Trinajstić information content (AvgIpc) is 3.04. The molecule has 22 heavy (non-hydrogen) atoms. The zero-order valence-corrected chi connectivity index (χ0v) is 12.8. The lowest BCUT2D eigenvalue weighted by atomic mass is 10.1. The zero-order valence-electron chi connectivity index (χ0n) is 12.8. The van der Waals surface area contributed by atoms with E-state index in [9.17, 15) is 4.79 Å². The fraction of sp³-hybridized carbons (Fsp3) is 0.375. The normalized spacial score (nSPS) is 10.5. The van der Waals surface area contributed by atoms with Crippen LogP contribution in [0.2, 0.25) is 0 Å². The molecule has 1 heterocycles. The van der Waals surface area contributed by atoms with Crippen LogP contribution >= 0.6 is 0 Å². The van der Waals surface area contributed by atoms with Gasteiger partial charge in [-0.3, -0.25) is 15.3 Å². The van der Waals surface area contributed by atoms with Crippen LogP contribution in [-0.4, -0.2) is 22.7 Å². The number of nitrogen functional groups attached to an aromatic ring is 1. The fourth-order valence-electron chi connectivity index (χ4n) is 2.10. The van der Waals surface area contributed by atoms with Crippen LogP contribution in [0.4, 0.5) is 0 Å². The maximum atomic E-state index is 11.4. The molecule has 6 nitrogen and oxygen atoms in total. The molecule has 1 aromatic carbocycles. The number of unbranched alkanes of at least 4 members (excludes halogenated alkanes) is 3. The van der Waals surface area contributed by atoms with Crippen LogP contribution in [0.5, 0.6) is 5.75 Å². The van der Waals surface area contributed by atoms with Crippen molar-refractivity contribution in [3.05, 3.63) is 36.0 Å². The van der Waals surface area contributed by atoms with Crippen LogP contribution < -0.4 is 16.0 Å². The zero-order chi connectivity index (χ0) is 15.8. The number of nitrogens with zero attached hydrogens (tertiary/aromatic N) is 1. The van der Waals surface area contributed by atoms with Crippen LogP contribution in [0.1, 0.15) is 43.1 Å². The smallest absolute Gasteiger partial charge is 0.283 e. The summed E-state index contributed by atoms with van der Waals surface area (Å²) in [6.45, 7) is 2.93. The Hall–Kier alpha value is -2.34. The summed E-state index contributed by atoms with van der Waals surface area (Å²) in [6.07, 6.45) is 4.75. The molecule has 4 N–H and O–H groups in total. The number of rotatable bonds is 8. The minimum absolute atomic E-state index is 0.328. The van der Waals surface area contributed by atoms with E-state index < -0.39 is 5.91 Å². The standard InChI is InChI=1S/C16H22N4O2/c1-2-3-4-5-10-22-13-8-6-12(7-9-13)14-11-15(20-19-14)16(21)18-17/h6-9,11H,2-5,10,17H2,1H3,(H,18,21)(H,19,20). The molecule has 118 valence electrons. The molecule has 0 saturated heterocycles. The van der Waals surface area contributed by atoms with Gasteiger partial charge in [0, 0.05) is 5.56 Å². The van der Waals surface area contributed by atoms with Crippen molar-refractivity contribution in [2.75, 3.05) is 6.61 Å². The molecule has 0 aliphatic heterocycles. The van der Waals surface area contributed by atoms with Gasteiger partial charge in [0.15, 0.2) is 0 Å². The summed E-state index contributed by atoms with van der Waals surface area (Å²) in [5.41, 5.74) is 3.99. The van der Waals surface area contributed by atoms with Gasteiger partial charge in [0.25, 0.3) is 5.91 Å². The maximum absolute atomic E-state index is 11.4. The van der Waals surface area contributed by atoms with E-state index in [2.05, 4.69) is 22.5 Å². The molecule has 0 spiro atoms. The monoisotopic (exact) mass is 302 g/mol. The van der Waals surface area contributed by atoms with E-state index in [0.717, 1.165) is 24.3 Å². The van der Waals surface area contributed by atoms with Crippen molar-refractivity contribution in [1.82, 2.24) is 15.6 Å². The number of nitrogens with two attached hydrogens (primary N) is 1. The van der Waals surface area contributed by atoms with Crippen molar-refractivity contribution in [3.8, 4) is 17.0 Å². The number of hydrogen-bond acceptors (Lipinski definition) is 4. The molecule has 0 aliphatic rings. The first kappa shape index (κ1) is 16.0. The Labute approximate surface area is 130 Å². The molecular formula is C16H22N4O2. The van der Waals surface area contributed by atoms with Gasteiger partial charge in [-0.05, 0) is 36.8 Å². The van der Waals surface area contributed by atoms with Crippen molar-refractivity contribution in [1.29, 1.82) is 0 Å². The molecule has 1 aromatic heterocycles. The van der Waals surface area contributed by atoms with Crippen molar-refractivity contribution in [3.63, 3.8) is 0 Å². The van der Waals surface area contributed by atoms with Gasteiger partial charge in [-0.15, -0.1) is 0 Å². The second kappa shape index (κ2) is 8.19. The molecule has 0 atom stereocenters. The molecule has 2 aromatic rings. The van der Waals surface area contributed by atoms with E-state index in [1.807, 2.05) is 24.3 Å². The van der Waals surface area contributed by atoms with E-state index in [4.69, 9.17) is 10.6 Å². The fourth-order valence-corrected chi connectivity index (χ4v) is 2.10. The summed E-state index contributed by atoms with van der Waals surface area (Å²) in [5.74, 6) is 5.53. The molecular weight excluding hydrogens is 280 g/mol. The topological polar surface area (TPSA) is 93.0 Å². The number of benzene rings is 1. The minimum atomic E-state index is -0.397. The van der Waals surface area contributed by atoms with Gasteiger partial charge >= 0.3 is 0 Å². The Balaban J connectivity index is 1.91. The number of hydrogen-bond donors (Lipinski definition) is 3. The van der Waals surface area contributed by atoms with Crippen molar-refractivity contribution in [2.45, 2.75) is 32.6 Å². The van der Waals surface area contributed by atoms with Crippen LogP contribution in [0, 0.1) is 0 Å². The van der Waals surface area contributed by atoms with E-state index in [1.54, 1.807) is 6.07 Å². The minimum Gasteiger partial charge on any atom is -0.494 e. The largest absolute Gasteiger partial charge is 0.494 e. The van der Waals surface area contributed by atoms with Crippen LogP contribution in [0.15, 0.2) is 30.3 Å². The Morgan fingerprint density at radius 1 is 1.27 bits per heavy atom. The highest BCUT2D eigenvalue weighted by molar-refractivity contribution is 5.92. The number of nitrogens with one attached hydrogen (secondary N) is 2. The van der Waals surface area contributed by atoms with Gasteiger partial charge in [-0.1, -0.05) is 26.2 Å². The molecule has 0 unspecified atom stereocenters. The lowest BCUT2D eigenvalue weighted by Crippen LogP contribution is -2.30. The third-order valence-electron chi connectivity index (χ3n) is 3.37. The second-order valence-corrected chi connectivity index (χ2v) is 5.07. The Kier molecular flexibility index (Phi) is 5.97. The van der Waals surface area contributed by atoms with Crippen LogP contribution in [0.25, 0.3) is 11.3 Å². The van der Waals surface area contributed by atoms with Gasteiger partial charge in [-0.2, -0.15) is 5.10 Å². The number of aromatic amines is 1. The van der Waals surface area contributed by atoms with E-state index in [1.165, 1.54) is 19.3 Å². The number of ether oxygens (including phenoxy) is 1. The SMILES string of the molecule is CCCCCCOc1ccc(-c2cc(C(=O)NN)[nH]n2)cc1. The lowest BCUT2D eigenvalue weighted by molar-refractivity contribution is 0.0948. The Morgan fingerprint density at radius 2 is 2.05 bits per heavy atom. The number of carbonyl (C=O) groups is 1. The predicted molar refractivity (Wildman–Crippen MR) is 85.3 cm³/mol. The summed E-state index contributed by atoms with van der Waals surface area (Å²) in [5, 5.41) is 6.75. The third kappa shape index (κ3) is 4.33. The molecule has 6 heteroatoms. The first-order valence-electron chi connectivity index (χ1n) is 7.54. The highest BCUT2D eigenvalue weighted by Gasteiger charge is 2.09. The average molecular weight is 302 g/mol. The van der Waals surface area contributed by atoms with Crippen LogP contribution in [0.3, 0.4) is 0 Å². The van der Waals surface area contributed by atoms with Crippen molar-refractivity contribution >= 4 is 5.91 Å². The highest BCUT2D eigenvalue weighted by Crippen LogP contribution is 2.21. The van der Waals surface area contributed by atoms with E-state index in [0.29, 0.717) is 11.4 Å². The number of hydrazine groups is 1. The molecule has 0 radical (unpaired) electrons. The maximum Gasteiger partial charge on any atom is 0.283 e. The van der Waals surface area contributed by atoms with Gasteiger partial charge in [-0.25, -0.2) is 5.84 Å².